The van der Waals surface area contributed by atoms with Crippen LogP contribution in [-0.2, 0) is 32.3 Å². The van der Waals surface area contributed by atoms with Gasteiger partial charge in [-0.3, -0.25) is 14.9 Å². The van der Waals surface area contributed by atoms with Crippen LogP contribution < -0.4 is 0 Å². The number of aromatic nitrogens is 2. The van der Waals surface area contributed by atoms with Gasteiger partial charge in [-0.05, 0) is 30.2 Å². The summed E-state index contributed by atoms with van der Waals surface area (Å²) in [6.45, 7) is 3.94. The van der Waals surface area contributed by atoms with Gasteiger partial charge < -0.3 is 20.1 Å². The number of hydrogen-bond donors (Lipinski definition) is 3. The molecule has 0 bridgehead atoms. The number of ether oxygens (including phenoxy) is 1. The van der Waals surface area contributed by atoms with Crippen molar-refractivity contribution in [3.63, 3.8) is 0 Å². The number of aliphatic carboxylic acids is 3. The first-order chi connectivity index (χ1) is 20.1. The van der Waals surface area contributed by atoms with Gasteiger partial charge in [0.2, 0.25) is 0 Å². The average Bonchev–Trinajstić information content (AvgIpc) is 3.32. The molecule has 0 aliphatic carbocycles. The maximum Gasteiger partial charge on any atom is 0.490 e. The molecule has 2 aliphatic rings. The number of carbonyl (C=O) groups is 3. The number of carboxylic acid groups (broad SMARTS) is 3. The highest BCUT2D eigenvalue weighted by atomic mass is 32.2. The number of nitrogens with zero attached hydrogens (tertiary/aromatic N) is 3. The molecule has 2 saturated heterocycles. The van der Waals surface area contributed by atoms with Crippen LogP contribution in [0, 0.1) is 0 Å². The summed E-state index contributed by atoms with van der Waals surface area (Å²) >= 11 is 2.09. The molecule has 44 heavy (non-hydrogen) atoms. The van der Waals surface area contributed by atoms with Crippen molar-refractivity contribution in [3.8, 4) is 0 Å². The van der Waals surface area contributed by atoms with E-state index in [0.717, 1.165) is 43.1 Å². The quantitative estimate of drug-likeness (QED) is 0.382. The molecule has 0 aromatic carbocycles. The lowest BCUT2D eigenvalue weighted by molar-refractivity contribution is -0.193. The molecule has 2 fully saturated rings. The van der Waals surface area contributed by atoms with Crippen molar-refractivity contribution in [2.24, 2.45) is 0 Å². The second kappa shape index (κ2) is 16.4. The Morgan fingerprint density at radius 3 is 1.80 bits per heavy atom. The van der Waals surface area contributed by atoms with E-state index in [9.17, 15) is 39.5 Å². The van der Waals surface area contributed by atoms with Gasteiger partial charge in [-0.25, -0.2) is 14.4 Å². The minimum atomic E-state index is -5.08. The molecule has 20 heteroatoms. The van der Waals surface area contributed by atoms with Gasteiger partial charge in [0, 0.05) is 48.7 Å². The highest BCUT2D eigenvalue weighted by Gasteiger charge is 2.49. The third-order valence-electron chi connectivity index (χ3n) is 5.25. The fraction of sp³-hybridized carbons (Fsp3) is 0.458. The molecular weight excluding hydrogens is 645 g/mol. The SMILES string of the molecule is O=C(O)C(F)(F)F.O=C(O)C(F)(F)F.O=C(O)C(F)(F)F.c1ccc(CN2CC3(CC(OCc4cccnc4)CS3)C2)nc1. The summed E-state index contributed by atoms with van der Waals surface area (Å²) in [7, 11) is 0. The molecule has 1 spiro atoms. The minimum Gasteiger partial charge on any atom is -0.475 e. The van der Waals surface area contributed by atoms with E-state index in [0.29, 0.717) is 17.5 Å². The lowest BCUT2D eigenvalue weighted by Gasteiger charge is -2.47. The smallest absolute Gasteiger partial charge is 0.475 e. The Hall–Kier alpha value is -3.65. The Balaban J connectivity index is 0.000000379. The summed E-state index contributed by atoms with van der Waals surface area (Å²) in [4.78, 5) is 37.7. The summed E-state index contributed by atoms with van der Waals surface area (Å²) in [5.74, 6) is -7.16. The van der Waals surface area contributed by atoms with Gasteiger partial charge >= 0.3 is 36.4 Å². The number of carboxylic acids is 3. The molecule has 4 rings (SSSR count). The predicted molar refractivity (Wildman–Crippen MR) is 133 cm³/mol. The van der Waals surface area contributed by atoms with Crippen molar-refractivity contribution in [2.45, 2.75) is 49.0 Å². The Morgan fingerprint density at radius 1 is 0.864 bits per heavy atom. The molecule has 3 N–H and O–H groups in total. The fourth-order valence-corrected chi connectivity index (χ4v) is 5.03. The van der Waals surface area contributed by atoms with Crippen LogP contribution in [0.1, 0.15) is 17.7 Å². The summed E-state index contributed by atoms with van der Waals surface area (Å²) in [5, 5.41) is 21.4. The van der Waals surface area contributed by atoms with Gasteiger partial charge in [-0.2, -0.15) is 39.5 Å². The molecule has 0 radical (unpaired) electrons. The number of rotatable bonds is 5. The van der Waals surface area contributed by atoms with E-state index in [1.165, 1.54) is 0 Å². The molecule has 1 atom stereocenters. The van der Waals surface area contributed by atoms with Crippen molar-refractivity contribution < 1.29 is 74.0 Å². The minimum absolute atomic E-state index is 0.372. The first kappa shape index (κ1) is 38.4. The van der Waals surface area contributed by atoms with Crippen LogP contribution in [0.2, 0.25) is 0 Å². The number of thioether (sulfide) groups is 1. The number of hydrogen-bond acceptors (Lipinski definition) is 8. The second-order valence-electron chi connectivity index (χ2n) is 8.87. The molecule has 1 unspecified atom stereocenters. The predicted octanol–water partition coefficient (Wildman–Crippen LogP) is 4.65. The van der Waals surface area contributed by atoms with Crippen LogP contribution in [0.5, 0.6) is 0 Å². The van der Waals surface area contributed by atoms with Crippen LogP contribution in [-0.4, -0.2) is 96.3 Å². The Kier molecular flexibility index (Phi) is 14.3. The second-order valence-corrected chi connectivity index (χ2v) is 10.4. The third kappa shape index (κ3) is 14.7. The summed E-state index contributed by atoms with van der Waals surface area (Å²) in [5.41, 5.74) is 2.32. The first-order valence-electron chi connectivity index (χ1n) is 11.8. The van der Waals surface area contributed by atoms with Crippen LogP contribution in [0.3, 0.4) is 0 Å². The van der Waals surface area contributed by atoms with E-state index < -0.39 is 36.4 Å². The van der Waals surface area contributed by atoms with Crippen molar-refractivity contribution in [1.29, 1.82) is 0 Å². The van der Waals surface area contributed by atoms with E-state index in [1.54, 1.807) is 6.20 Å². The molecule has 2 aliphatic heterocycles. The van der Waals surface area contributed by atoms with E-state index in [-0.39, 0.29) is 0 Å². The van der Waals surface area contributed by atoms with Crippen molar-refractivity contribution >= 4 is 29.7 Å². The first-order valence-corrected chi connectivity index (χ1v) is 12.8. The maximum atomic E-state index is 10.6. The van der Waals surface area contributed by atoms with E-state index in [2.05, 4.69) is 44.8 Å². The number of likely N-dealkylation sites (tertiary alicyclic amines) is 1. The van der Waals surface area contributed by atoms with Gasteiger partial charge in [0.15, 0.2) is 0 Å². The fourth-order valence-electron chi connectivity index (χ4n) is 3.43. The van der Waals surface area contributed by atoms with Gasteiger partial charge in [0.25, 0.3) is 0 Å². The van der Waals surface area contributed by atoms with Gasteiger partial charge in [-0.1, -0.05) is 12.1 Å². The van der Waals surface area contributed by atoms with Crippen LogP contribution in [0.4, 0.5) is 39.5 Å². The maximum absolute atomic E-state index is 10.6. The van der Waals surface area contributed by atoms with Crippen LogP contribution in [0.25, 0.3) is 0 Å². The lowest BCUT2D eigenvalue weighted by Crippen LogP contribution is -2.58. The zero-order valence-electron chi connectivity index (χ0n) is 22.1. The molecule has 10 nitrogen and oxygen atoms in total. The number of alkyl halides is 9. The Morgan fingerprint density at radius 2 is 1.39 bits per heavy atom. The molecule has 0 saturated carbocycles. The zero-order chi connectivity index (χ0) is 33.8. The Bertz CT molecular complexity index is 1140. The summed E-state index contributed by atoms with van der Waals surface area (Å²) < 4.78 is 102. The monoisotopic (exact) mass is 669 g/mol. The van der Waals surface area contributed by atoms with Gasteiger partial charge in [-0.15, -0.1) is 11.8 Å². The van der Waals surface area contributed by atoms with Crippen LogP contribution in [0.15, 0.2) is 48.9 Å². The lowest BCUT2D eigenvalue weighted by atomic mass is 9.93. The standard InChI is InChI=1S/C18H21N3OS.3C2HF3O2/c1-2-7-20-16(5-1)10-21-13-18(14-21)8-17(12-23-18)22-11-15-4-3-6-19-9-15;3*3-2(4,5)1(6)7/h1-7,9,17H,8,10-14H2;3*(H,6,7). The van der Waals surface area contributed by atoms with Crippen LogP contribution >= 0.6 is 11.8 Å². The van der Waals surface area contributed by atoms with Crippen molar-refractivity contribution in [3.05, 3.63) is 60.2 Å². The number of halogens is 9. The molecule has 4 heterocycles. The van der Waals surface area contributed by atoms with Crippen molar-refractivity contribution in [2.75, 3.05) is 18.8 Å². The summed E-state index contributed by atoms with van der Waals surface area (Å²) in [6.07, 6.45) is -8.16. The van der Waals surface area contributed by atoms with Crippen molar-refractivity contribution in [1.82, 2.24) is 14.9 Å². The molecule has 0 amide bonds. The largest absolute Gasteiger partial charge is 0.490 e. The molecular formula is C24H24F9N3O7S. The average molecular weight is 670 g/mol. The zero-order valence-corrected chi connectivity index (χ0v) is 22.9. The topological polar surface area (TPSA) is 150 Å². The molecule has 2 aromatic rings. The van der Waals surface area contributed by atoms with Gasteiger partial charge in [0.05, 0.1) is 18.4 Å². The van der Waals surface area contributed by atoms with E-state index in [1.807, 2.05) is 24.5 Å². The highest BCUT2D eigenvalue weighted by Crippen LogP contribution is 2.46. The van der Waals surface area contributed by atoms with Gasteiger partial charge in [0.1, 0.15) is 0 Å². The highest BCUT2D eigenvalue weighted by molar-refractivity contribution is 8.01. The van der Waals surface area contributed by atoms with E-state index >= 15 is 0 Å². The molecule has 2 aromatic heterocycles. The summed E-state index contributed by atoms with van der Waals surface area (Å²) in [6, 6.07) is 10.2. The molecule has 246 valence electrons. The third-order valence-corrected chi connectivity index (χ3v) is 6.82. The van der Waals surface area contributed by atoms with E-state index in [4.69, 9.17) is 34.4 Å². The number of pyridine rings is 2. The Labute approximate surface area is 246 Å². The normalized spacial score (nSPS) is 17.4.